The third kappa shape index (κ3) is 3.32. The Kier molecular flexibility index (Phi) is 4.18. The largest absolute Gasteiger partial charge is 0.391 e. The van der Waals surface area contributed by atoms with Crippen LogP contribution >= 0.6 is 0 Å². The lowest BCUT2D eigenvalue weighted by Crippen LogP contribution is -2.27. The Morgan fingerprint density at radius 3 is 2.77 bits per heavy atom. The van der Waals surface area contributed by atoms with E-state index in [1.807, 2.05) is 0 Å². The topological polar surface area (TPSA) is 66.6 Å². The van der Waals surface area contributed by atoms with Gasteiger partial charge in [0.15, 0.2) is 0 Å². The van der Waals surface area contributed by atoms with Gasteiger partial charge >= 0.3 is 0 Å². The molecule has 0 aromatic rings. The van der Waals surface area contributed by atoms with Crippen LogP contribution in [0, 0.1) is 0 Å². The maximum atomic E-state index is 11.2. The van der Waals surface area contributed by atoms with E-state index in [2.05, 4.69) is 0 Å². The monoisotopic (exact) mass is 186 g/mol. The zero-order valence-corrected chi connectivity index (χ0v) is 7.91. The average Bonchev–Trinajstić information content (AvgIpc) is 2.39. The molecule has 1 unspecified atom stereocenters. The van der Waals surface area contributed by atoms with Crippen LogP contribution in [-0.2, 0) is 4.79 Å². The van der Waals surface area contributed by atoms with Gasteiger partial charge in [-0.25, -0.2) is 0 Å². The van der Waals surface area contributed by atoms with Gasteiger partial charge in [0.2, 0.25) is 5.91 Å². The number of β-amino-alcohol motifs (C(OH)–C–C–N with tert-alkyl or cyclic N) is 1. The molecule has 0 radical (unpaired) electrons. The number of likely N-dealkylation sites (tertiary alicyclic amines) is 1. The number of amides is 1. The van der Waals surface area contributed by atoms with Gasteiger partial charge in [0, 0.05) is 13.1 Å². The number of nitrogens with zero attached hydrogens (tertiary/aromatic N) is 1. The normalized spacial score (nSPS) is 22.8. The number of carbonyl (C=O) groups excluding carboxylic acids is 1. The summed E-state index contributed by atoms with van der Waals surface area (Å²) in [6, 6.07) is 0. The van der Waals surface area contributed by atoms with E-state index in [1.165, 1.54) is 0 Å². The number of hydrogen-bond acceptors (Lipinski definition) is 3. The Morgan fingerprint density at radius 1 is 1.46 bits per heavy atom. The van der Waals surface area contributed by atoms with Gasteiger partial charge in [0.05, 0.1) is 12.5 Å². The van der Waals surface area contributed by atoms with Crippen molar-refractivity contribution in [1.82, 2.24) is 4.90 Å². The summed E-state index contributed by atoms with van der Waals surface area (Å²) in [7, 11) is 0. The average molecular weight is 186 g/mol. The number of hydrogen-bond donors (Lipinski definition) is 2. The molecule has 1 fully saturated rings. The van der Waals surface area contributed by atoms with Gasteiger partial charge in [-0.1, -0.05) is 6.42 Å². The number of aliphatic hydroxyl groups excluding tert-OH is 1. The van der Waals surface area contributed by atoms with Crippen LogP contribution in [0.1, 0.15) is 25.7 Å². The summed E-state index contributed by atoms with van der Waals surface area (Å²) < 4.78 is 0. The molecular weight excluding hydrogens is 168 g/mol. The molecule has 0 bridgehead atoms. The first kappa shape index (κ1) is 10.5. The highest BCUT2D eigenvalue weighted by Crippen LogP contribution is 2.11. The summed E-state index contributed by atoms with van der Waals surface area (Å²) in [4.78, 5) is 12.9. The van der Waals surface area contributed by atoms with Crippen LogP contribution in [0.2, 0.25) is 0 Å². The Morgan fingerprint density at radius 2 is 2.23 bits per heavy atom. The molecule has 4 nitrogen and oxygen atoms in total. The molecule has 1 heterocycles. The zero-order valence-electron chi connectivity index (χ0n) is 7.91. The second-order valence-electron chi connectivity index (χ2n) is 3.55. The molecule has 1 aliphatic heterocycles. The third-order valence-electron chi connectivity index (χ3n) is 2.33. The van der Waals surface area contributed by atoms with Crippen LogP contribution in [0.3, 0.4) is 0 Å². The summed E-state index contributed by atoms with van der Waals surface area (Å²) in [6.07, 6.45) is 2.94. The molecule has 0 aromatic carbocycles. The summed E-state index contributed by atoms with van der Waals surface area (Å²) in [5.74, 6) is 0.0836. The highest BCUT2D eigenvalue weighted by atomic mass is 16.3. The van der Waals surface area contributed by atoms with Crippen LogP contribution in [-0.4, -0.2) is 41.7 Å². The molecule has 13 heavy (non-hydrogen) atoms. The molecule has 1 atom stereocenters. The van der Waals surface area contributed by atoms with Gasteiger partial charge in [0.1, 0.15) is 0 Å². The van der Waals surface area contributed by atoms with E-state index in [9.17, 15) is 9.90 Å². The van der Waals surface area contributed by atoms with Gasteiger partial charge < -0.3 is 15.7 Å². The number of rotatable bonds is 5. The highest BCUT2D eigenvalue weighted by Gasteiger charge is 2.26. The second kappa shape index (κ2) is 5.19. The van der Waals surface area contributed by atoms with Gasteiger partial charge in [-0.2, -0.15) is 0 Å². The number of unbranched alkanes of at least 4 members (excludes halogenated alkanes) is 2. The predicted octanol–water partition coefficient (Wildman–Crippen LogP) is -0.291. The van der Waals surface area contributed by atoms with Crippen molar-refractivity contribution in [2.24, 2.45) is 5.73 Å². The lowest BCUT2D eigenvalue weighted by Gasteiger charge is -2.14. The molecule has 76 valence electrons. The van der Waals surface area contributed by atoms with Gasteiger partial charge in [-0.3, -0.25) is 4.79 Å². The maximum Gasteiger partial charge on any atom is 0.225 e. The van der Waals surface area contributed by atoms with E-state index >= 15 is 0 Å². The molecule has 1 aliphatic rings. The quantitative estimate of drug-likeness (QED) is 0.580. The molecule has 0 saturated carbocycles. The van der Waals surface area contributed by atoms with E-state index in [4.69, 9.17) is 5.73 Å². The first-order valence-corrected chi connectivity index (χ1v) is 4.90. The van der Waals surface area contributed by atoms with Crippen LogP contribution in [0.4, 0.5) is 0 Å². The lowest BCUT2D eigenvalue weighted by atomic mass is 10.2. The minimum absolute atomic E-state index is 0.0836. The highest BCUT2D eigenvalue weighted by molar-refractivity contribution is 5.78. The standard InChI is InChI=1S/C9H18N2O2/c10-4-2-1-3-5-11-7-8(12)6-9(11)13/h8,12H,1-7,10H2. The first-order chi connectivity index (χ1) is 6.24. The number of aliphatic hydroxyl groups is 1. The Bertz CT molecular complexity index is 173. The number of nitrogens with two attached hydrogens (primary N) is 1. The van der Waals surface area contributed by atoms with Crippen molar-refractivity contribution in [1.29, 1.82) is 0 Å². The maximum absolute atomic E-state index is 11.2. The molecule has 1 rings (SSSR count). The van der Waals surface area contributed by atoms with Crippen LogP contribution in [0.15, 0.2) is 0 Å². The van der Waals surface area contributed by atoms with Crippen molar-refractivity contribution in [3.63, 3.8) is 0 Å². The van der Waals surface area contributed by atoms with Crippen molar-refractivity contribution in [2.75, 3.05) is 19.6 Å². The van der Waals surface area contributed by atoms with Crippen molar-refractivity contribution in [3.05, 3.63) is 0 Å². The molecule has 4 heteroatoms. The van der Waals surface area contributed by atoms with Crippen molar-refractivity contribution in [3.8, 4) is 0 Å². The van der Waals surface area contributed by atoms with Crippen LogP contribution in [0.25, 0.3) is 0 Å². The fourth-order valence-electron chi connectivity index (χ4n) is 1.59. The second-order valence-corrected chi connectivity index (χ2v) is 3.55. The van der Waals surface area contributed by atoms with Crippen molar-refractivity contribution < 1.29 is 9.90 Å². The summed E-state index contributed by atoms with van der Waals surface area (Å²) in [5.41, 5.74) is 5.35. The Hall–Kier alpha value is -0.610. The van der Waals surface area contributed by atoms with Crippen molar-refractivity contribution >= 4 is 5.91 Å². The van der Waals surface area contributed by atoms with E-state index in [-0.39, 0.29) is 5.91 Å². The Labute approximate surface area is 78.7 Å². The fourth-order valence-corrected chi connectivity index (χ4v) is 1.59. The smallest absolute Gasteiger partial charge is 0.225 e. The molecule has 1 saturated heterocycles. The third-order valence-corrected chi connectivity index (χ3v) is 2.33. The minimum atomic E-state index is -0.443. The first-order valence-electron chi connectivity index (χ1n) is 4.90. The van der Waals surface area contributed by atoms with Crippen LogP contribution in [0.5, 0.6) is 0 Å². The van der Waals surface area contributed by atoms with E-state index in [0.717, 1.165) is 32.4 Å². The molecule has 3 N–H and O–H groups in total. The number of carbonyl (C=O) groups is 1. The zero-order chi connectivity index (χ0) is 9.68. The SMILES string of the molecule is NCCCCCN1CC(O)CC1=O. The van der Waals surface area contributed by atoms with Gasteiger partial charge in [0.25, 0.3) is 0 Å². The van der Waals surface area contributed by atoms with Gasteiger partial charge in [-0.05, 0) is 19.4 Å². The molecular formula is C9H18N2O2. The lowest BCUT2D eigenvalue weighted by molar-refractivity contribution is -0.127. The minimum Gasteiger partial charge on any atom is -0.391 e. The summed E-state index contributed by atoms with van der Waals surface area (Å²) in [5, 5.41) is 9.19. The summed E-state index contributed by atoms with van der Waals surface area (Å²) in [6.45, 7) is 2.01. The van der Waals surface area contributed by atoms with E-state index < -0.39 is 6.10 Å². The molecule has 0 spiro atoms. The Balaban J connectivity index is 2.11. The fraction of sp³-hybridized carbons (Fsp3) is 0.889. The predicted molar refractivity (Wildman–Crippen MR) is 50.1 cm³/mol. The summed E-state index contributed by atoms with van der Waals surface area (Å²) >= 11 is 0. The molecule has 0 aliphatic carbocycles. The van der Waals surface area contributed by atoms with E-state index in [1.54, 1.807) is 4.90 Å². The van der Waals surface area contributed by atoms with E-state index in [0.29, 0.717) is 13.0 Å². The van der Waals surface area contributed by atoms with Crippen LogP contribution < -0.4 is 5.73 Å². The molecule has 0 aromatic heterocycles. The molecule has 1 amide bonds. The van der Waals surface area contributed by atoms with Gasteiger partial charge in [-0.15, -0.1) is 0 Å². The van der Waals surface area contributed by atoms with Crippen molar-refractivity contribution in [2.45, 2.75) is 31.8 Å².